The molecule has 0 bridgehead atoms. The van der Waals surface area contributed by atoms with Gasteiger partial charge in [-0.05, 0) is 57.8 Å². The lowest BCUT2D eigenvalue weighted by Gasteiger charge is -2.48. The van der Waals surface area contributed by atoms with E-state index in [1.54, 1.807) is 0 Å². The number of hydrogen-bond donors (Lipinski definition) is 1. The number of likely N-dealkylation sites (tertiary alicyclic amines) is 2. The van der Waals surface area contributed by atoms with Crippen LogP contribution in [0.1, 0.15) is 65.7 Å². The number of nitrogens with zero attached hydrogens (tertiary/aromatic N) is 2. The van der Waals surface area contributed by atoms with Gasteiger partial charge in [-0.25, -0.2) is 4.79 Å². The number of fused-ring (bicyclic) bond motifs is 1. The smallest absolute Gasteiger partial charge is 0.317 e. The Balaban J connectivity index is 1.64. The number of carbonyl (C=O) groups excluding carboxylic acids is 2. The summed E-state index contributed by atoms with van der Waals surface area (Å²) in [4.78, 5) is 29.6. The molecule has 3 aliphatic rings. The molecule has 0 aromatic rings. The molecular weight excluding hydrogens is 314 g/mol. The van der Waals surface area contributed by atoms with Crippen LogP contribution >= 0.6 is 0 Å². The summed E-state index contributed by atoms with van der Waals surface area (Å²) in [6, 6.07) is 0.565. The van der Waals surface area contributed by atoms with Crippen molar-refractivity contribution in [2.24, 2.45) is 17.8 Å². The second-order valence-electron chi connectivity index (χ2n) is 8.70. The second-order valence-corrected chi connectivity index (χ2v) is 8.70. The zero-order valence-electron chi connectivity index (χ0n) is 16.2. The van der Waals surface area contributed by atoms with Crippen molar-refractivity contribution in [1.29, 1.82) is 0 Å². The first kappa shape index (κ1) is 18.5. The summed E-state index contributed by atoms with van der Waals surface area (Å²) in [7, 11) is 0. The van der Waals surface area contributed by atoms with Gasteiger partial charge in [0.05, 0.1) is 5.92 Å². The highest BCUT2D eigenvalue weighted by Gasteiger charge is 2.42. The molecule has 3 fully saturated rings. The molecule has 0 aromatic carbocycles. The van der Waals surface area contributed by atoms with Gasteiger partial charge in [-0.2, -0.15) is 0 Å². The van der Waals surface area contributed by atoms with E-state index in [9.17, 15) is 9.59 Å². The Morgan fingerprint density at radius 3 is 2.52 bits per heavy atom. The topological polar surface area (TPSA) is 52.7 Å². The van der Waals surface area contributed by atoms with Crippen LogP contribution in [-0.4, -0.2) is 53.5 Å². The summed E-state index contributed by atoms with van der Waals surface area (Å²) in [5, 5.41) is 2.96. The molecule has 5 heteroatoms. The van der Waals surface area contributed by atoms with E-state index in [1.807, 2.05) is 18.7 Å². The minimum atomic E-state index is -0.0182. The maximum absolute atomic E-state index is 13.3. The maximum atomic E-state index is 13.3. The highest BCUT2D eigenvalue weighted by Crippen LogP contribution is 2.39. The lowest BCUT2D eigenvalue weighted by Crippen LogP contribution is -2.56. The SMILES string of the molecule is CC(C)NC(=O)N1CCC[C@H](C(=O)N2CC[C@H](C)[C@H]3CCCC[C@@H]32)C1. The van der Waals surface area contributed by atoms with Gasteiger partial charge in [-0.3, -0.25) is 4.79 Å². The van der Waals surface area contributed by atoms with Gasteiger partial charge in [0, 0.05) is 31.7 Å². The van der Waals surface area contributed by atoms with Gasteiger partial charge in [0.25, 0.3) is 0 Å². The van der Waals surface area contributed by atoms with Gasteiger partial charge < -0.3 is 15.1 Å². The molecule has 1 aliphatic carbocycles. The standard InChI is InChI=1S/C20H35N3O2/c1-14(2)21-20(25)22-11-6-7-16(13-22)19(24)23-12-10-15(3)17-8-4-5-9-18(17)23/h14-18H,4-13H2,1-3H3,(H,21,25)/t15-,16-,17+,18-/m0/s1. The van der Waals surface area contributed by atoms with Crippen molar-refractivity contribution in [2.75, 3.05) is 19.6 Å². The van der Waals surface area contributed by atoms with E-state index in [4.69, 9.17) is 0 Å². The van der Waals surface area contributed by atoms with Crippen LogP contribution in [-0.2, 0) is 4.79 Å². The Bertz CT molecular complexity index is 493. The number of rotatable bonds is 2. The van der Waals surface area contributed by atoms with Crippen LogP contribution < -0.4 is 5.32 Å². The first-order valence-electron chi connectivity index (χ1n) is 10.3. The molecule has 5 nitrogen and oxygen atoms in total. The minimum Gasteiger partial charge on any atom is -0.339 e. The number of nitrogens with one attached hydrogen (secondary N) is 1. The van der Waals surface area contributed by atoms with Crippen molar-refractivity contribution in [3.63, 3.8) is 0 Å². The predicted molar refractivity (Wildman–Crippen MR) is 99.2 cm³/mol. The summed E-state index contributed by atoms with van der Waals surface area (Å²) in [6.07, 6.45) is 8.02. The monoisotopic (exact) mass is 349 g/mol. The van der Waals surface area contributed by atoms with Crippen LogP contribution in [0.4, 0.5) is 4.79 Å². The van der Waals surface area contributed by atoms with Crippen LogP contribution in [0, 0.1) is 17.8 Å². The number of hydrogen-bond acceptors (Lipinski definition) is 2. The summed E-state index contributed by atoms with van der Waals surface area (Å²) in [5.74, 6) is 1.73. The molecule has 0 aromatic heterocycles. The molecule has 0 radical (unpaired) electrons. The zero-order chi connectivity index (χ0) is 18.0. The zero-order valence-corrected chi connectivity index (χ0v) is 16.2. The fraction of sp³-hybridized carbons (Fsp3) is 0.900. The third-order valence-corrected chi connectivity index (χ3v) is 6.49. The highest BCUT2D eigenvalue weighted by atomic mass is 16.2. The average molecular weight is 350 g/mol. The Labute approximate surface area is 152 Å². The van der Waals surface area contributed by atoms with Crippen molar-refractivity contribution >= 4 is 11.9 Å². The van der Waals surface area contributed by atoms with Gasteiger partial charge >= 0.3 is 6.03 Å². The highest BCUT2D eigenvalue weighted by molar-refractivity contribution is 5.81. The van der Waals surface area contributed by atoms with Gasteiger partial charge in [-0.1, -0.05) is 19.8 Å². The van der Waals surface area contributed by atoms with Crippen molar-refractivity contribution in [2.45, 2.75) is 77.8 Å². The van der Waals surface area contributed by atoms with Crippen molar-refractivity contribution < 1.29 is 9.59 Å². The fourth-order valence-corrected chi connectivity index (χ4v) is 5.12. The summed E-state index contributed by atoms with van der Waals surface area (Å²) < 4.78 is 0. The van der Waals surface area contributed by atoms with Crippen molar-refractivity contribution in [1.82, 2.24) is 15.1 Å². The molecule has 1 saturated carbocycles. The third kappa shape index (κ3) is 4.12. The fourth-order valence-electron chi connectivity index (χ4n) is 5.12. The summed E-state index contributed by atoms with van der Waals surface area (Å²) >= 11 is 0. The molecule has 25 heavy (non-hydrogen) atoms. The van der Waals surface area contributed by atoms with Crippen LogP contribution in [0.3, 0.4) is 0 Å². The molecule has 142 valence electrons. The Morgan fingerprint density at radius 1 is 1.00 bits per heavy atom. The van der Waals surface area contributed by atoms with E-state index in [1.165, 1.54) is 25.7 Å². The molecule has 0 spiro atoms. The number of carbonyl (C=O) groups is 2. The summed E-state index contributed by atoms with van der Waals surface area (Å²) in [6.45, 7) is 8.58. The lowest BCUT2D eigenvalue weighted by atomic mass is 9.72. The van der Waals surface area contributed by atoms with Crippen LogP contribution in [0.5, 0.6) is 0 Å². The molecule has 2 aliphatic heterocycles. The van der Waals surface area contributed by atoms with E-state index >= 15 is 0 Å². The quantitative estimate of drug-likeness (QED) is 0.832. The molecular formula is C20H35N3O2. The third-order valence-electron chi connectivity index (χ3n) is 6.49. The number of amides is 3. The Kier molecular flexibility index (Phi) is 5.90. The molecule has 2 saturated heterocycles. The molecule has 2 heterocycles. The van der Waals surface area contributed by atoms with Crippen LogP contribution in [0.25, 0.3) is 0 Å². The largest absolute Gasteiger partial charge is 0.339 e. The predicted octanol–water partition coefficient (Wildman–Crippen LogP) is 3.24. The number of urea groups is 1. The molecule has 3 rings (SSSR count). The van der Waals surface area contributed by atoms with E-state index in [-0.39, 0.29) is 18.0 Å². The maximum Gasteiger partial charge on any atom is 0.317 e. The Hall–Kier alpha value is -1.26. The lowest BCUT2D eigenvalue weighted by molar-refractivity contribution is -0.144. The van der Waals surface area contributed by atoms with E-state index in [0.717, 1.165) is 38.3 Å². The number of piperidine rings is 2. The molecule has 3 amide bonds. The molecule has 1 N–H and O–H groups in total. The minimum absolute atomic E-state index is 0.0114. The first-order valence-corrected chi connectivity index (χ1v) is 10.3. The van der Waals surface area contributed by atoms with Gasteiger partial charge in [-0.15, -0.1) is 0 Å². The molecule has 0 unspecified atom stereocenters. The first-order chi connectivity index (χ1) is 12.0. The van der Waals surface area contributed by atoms with Gasteiger partial charge in [0.15, 0.2) is 0 Å². The van der Waals surface area contributed by atoms with Crippen molar-refractivity contribution in [3.05, 3.63) is 0 Å². The normalized spacial score (nSPS) is 33.1. The van der Waals surface area contributed by atoms with E-state index < -0.39 is 0 Å². The average Bonchev–Trinajstić information content (AvgIpc) is 2.61. The van der Waals surface area contributed by atoms with Gasteiger partial charge in [0.2, 0.25) is 5.91 Å². The molecule has 4 atom stereocenters. The van der Waals surface area contributed by atoms with Crippen molar-refractivity contribution in [3.8, 4) is 0 Å². The van der Waals surface area contributed by atoms with Crippen LogP contribution in [0.15, 0.2) is 0 Å². The summed E-state index contributed by atoms with van der Waals surface area (Å²) in [5.41, 5.74) is 0. The second kappa shape index (κ2) is 7.96. The Morgan fingerprint density at radius 2 is 1.76 bits per heavy atom. The van der Waals surface area contributed by atoms with Crippen LogP contribution in [0.2, 0.25) is 0 Å². The van der Waals surface area contributed by atoms with E-state index in [2.05, 4.69) is 17.1 Å². The van der Waals surface area contributed by atoms with Gasteiger partial charge in [0.1, 0.15) is 0 Å². The van der Waals surface area contributed by atoms with E-state index in [0.29, 0.717) is 24.4 Å².